The van der Waals surface area contributed by atoms with Crippen molar-refractivity contribution in [3.8, 4) is 0 Å². The van der Waals surface area contributed by atoms with Gasteiger partial charge in [-0.3, -0.25) is 4.79 Å². The van der Waals surface area contributed by atoms with Gasteiger partial charge >= 0.3 is 5.97 Å². The topological polar surface area (TPSA) is 66.4 Å². The van der Waals surface area contributed by atoms with E-state index in [1.165, 1.54) is 13.0 Å². The van der Waals surface area contributed by atoms with Gasteiger partial charge in [-0.05, 0) is 40.5 Å². The first-order chi connectivity index (χ1) is 6.91. The third-order valence-electron chi connectivity index (χ3n) is 1.86. The molecule has 0 saturated heterocycles. The van der Waals surface area contributed by atoms with E-state index in [0.717, 1.165) is 0 Å². The number of hydrogen-bond acceptors (Lipinski definition) is 2. The number of nitrogens with one attached hydrogen (secondary N) is 1. The van der Waals surface area contributed by atoms with Gasteiger partial charge in [-0.15, -0.1) is 0 Å². The second kappa shape index (κ2) is 4.44. The van der Waals surface area contributed by atoms with E-state index in [-0.39, 0.29) is 11.5 Å². The van der Waals surface area contributed by atoms with Crippen LogP contribution < -0.4 is 5.32 Å². The number of amides is 1. The molecule has 0 bridgehead atoms. The van der Waals surface area contributed by atoms with Gasteiger partial charge in [0.15, 0.2) is 0 Å². The summed E-state index contributed by atoms with van der Waals surface area (Å²) in [5.41, 5.74) is 1.29. The Morgan fingerprint density at radius 1 is 1.40 bits per heavy atom. The summed E-state index contributed by atoms with van der Waals surface area (Å²) in [5, 5.41) is 11.4. The molecule has 0 atom stereocenters. The normalized spacial score (nSPS) is 9.80. The fourth-order valence-corrected chi connectivity index (χ4v) is 1.75. The lowest BCUT2D eigenvalue weighted by Gasteiger charge is -2.08. The number of carbonyl (C=O) groups excluding carboxylic acids is 1. The Morgan fingerprint density at radius 3 is 2.47 bits per heavy atom. The molecule has 0 heterocycles. The molecule has 0 radical (unpaired) electrons. The number of aromatic carboxylic acids is 1. The molecule has 0 saturated carbocycles. The van der Waals surface area contributed by atoms with Crippen LogP contribution in [0, 0.1) is 6.92 Å². The van der Waals surface area contributed by atoms with Crippen molar-refractivity contribution in [3.05, 3.63) is 27.7 Å². The Labute approximate surface area is 95.4 Å². The van der Waals surface area contributed by atoms with Gasteiger partial charge in [0.2, 0.25) is 5.91 Å². The number of carboxylic acid groups (broad SMARTS) is 1. The number of anilines is 1. The number of carboxylic acids is 1. The van der Waals surface area contributed by atoms with E-state index in [2.05, 4.69) is 21.2 Å². The molecular formula is C10H10BrNO3. The summed E-state index contributed by atoms with van der Waals surface area (Å²) in [6.07, 6.45) is 0. The first kappa shape index (κ1) is 11.7. The van der Waals surface area contributed by atoms with Crippen molar-refractivity contribution >= 4 is 33.5 Å². The number of rotatable bonds is 2. The highest BCUT2D eigenvalue weighted by molar-refractivity contribution is 9.10. The van der Waals surface area contributed by atoms with Crippen LogP contribution >= 0.6 is 15.9 Å². The molecule has 1 aromatic carbocycles. The van der Waals surface area contributed by atoms with Crippen molar-refractivity contribution in [1.29, 1.82) is 0 Å². The molecule has 15 heavy (non-hydrogen) atoms. The predicted molar refractivity (Wildman–Crippen MR) is 60.1 cm³/mol. The van der Waals surface area contributed by atoms with Crippen LogP contribution in [0.3, 0.4) is 0 Å². The smallest absolute Gasteiger partial charge is 0.336 e. The molecule has 4 nitrogen and oxygen atoms in total. The molecule has 1 aromatic rings. The molecule has 0 aliphatic rings. The predicted octanol–water partition coefficient (Wildman–Crippen LogP) is 2.41. The monoisotopic (exact) mass is 271 g/mol. The Morgan fingerprint density at radius 2 is 2.00 bits per heavy atom. The molecular weight excluding hydrogens is 262 g/mol. The van der Waals surface area contributed by atoms with Crippen LogP contribution in [-0.2, 0) is 4.79 Å². The van der Waals surface area contributed by atoms with E-state index < -0.39 is 5.97 Å². The van der Waals surface area contributed by atoms with Gasteiger partial charge < -0.3 is 10.4 Å². The minimum Gasteiger partial charge on any atom is -0.478 e. The maximum absolute atomic E-state index is 10.9. The summed E-state index contributed by atoms with van der Waals surface area (Å²) in [7, 11) is 0. The number of carbonyl (C=O) groups is 2. The largest absolute Gasteiger partial charge is 0.478 e. The van der Waals surface area contributed by atoms with Crippen molar-refractivity contribution in [2.24, 2.45) is 0 Å². The van der Waals surface area contributed by atoms with Crippen molar-refractivity contribution in [2.75, 3.05) is 5.32 Å². The van der Waals surface area contributed by atoms with Crippen LogP contribution in [-0.4, -0.2) is 17.0 Å². The van der Waals surface area contributed by atoms with Gasteiger partial charge in [-0.1, -0.05) is 0 Å². The van der Waals surface area contributed by atoms with Crippen LogP contribution in [0.2, 0.25) is 0 Å². The molecule has 0 spiro atoms. The van der Waals surface area contributed by atoms with Gasteiger partial charge in [-0.25, -0.2) is 4.79 Å². The van der Waals surface area contributed by atoms with Crippen LogP contribution in [0.25, 0.3) is 0 Å². The number of aryl methyl sites for hydroxylation is 1. The van der Waals surface area contributed by atoms with Crippen LogP contribution in [0.5, 0.6) is 0 Å². The van der Waals surface area contributed by atoms with Gasteiger partial charge in [0.1, 0.15) is 0 Å². The zero-order chi connectivity index (χ0) is 11.6. The summed E-state index contributed by atoms with van der Waals surface area (Å²) in [5.74, 6) is -1.25. The summed E-state index contributed by atoms with van der Waals surface area (Å²) >= 11 is 3.25. The van der Waals surface area contributed by atoms with Crippen molar-refractivity contribution < 1.29 is 14.7 Å². The van der Waals surface area contributed by atoms with Gasteiger partial charge in [0.05, 0.1) is 11.3 Å². The Balaban J connectivity index is 3.23. The second-order valence-electron chi connectivity index (χ2n) is 3.13. The SMILES string of the molecule is CC(=O)Nc1cc(C(=O)O)c(C)cc1Br. The summed E-state index contributed by atoms with van der Waals surface area (Å²) in [6.45, 7) is 3.07. The standard InChI is InChI=1S/C10H10BrNO3/c1-5-3-8(11)9(12-6(2)13)4-7(5)10(14)15/h3-4H,1-2H3,(H,12,13)(H,14,15). The first-order valence-corrected chi connectivity index (χ1v) is 5.02. The van der Waals surface area contributed by atoms with E-state index in [1.807, 2.05) is 0 Å². The number of benzene rings is 1. The van der Waals surface area contributed by atoms with Gasteiger partial charge in [-0.2, -0.15) is 0 Å². The molecule has 0 aliphatic carbocycles. The molecule has 1 rings (SSSR count). The van der Waals surface area contributed by atoms with Crippen molar-refractivity contribution in [2.45, 2.75) is 13.8 Å². The third kappa shape index (κ3) is 2.79. The molecule has 0 aromatic heterocycles. The molecule has 5 heteroatoms. The average molecular weight is 272 g/mol. The van der Waals surface area contributed by atoms with E-state index in [0.29, 0.717) is 15.7 Å². The highest BCUT2D eigenvalue weighted by Gasteiger charge is 2.11. The molecule has 1 amide bonds. The fraction of sp³-hybridized carbons (Fsp3) is 0.200. The Hall–Kier alpha value is -1.36. The van der Waals surface area contributed by atoms with Gasteiger partial charge in [0, 0.05) is 11.4 Å². The minimum atomic E-state index is -1.01. The maximum Gasteiger partial charge on any atom is 0.336 e. The molecule has 0 unspecified atom stereocenters. The lowest BCUT2D eigenvalue weighted by Crippen LogP contribution is -2.08. The zero-order valence-electron chi connectivity index (χ0n) is 8.30. The molecule has 0 aliphatic heterocycles. The van der Waals surface area contributed by atoms with E-state index in [4.69, 9.17) is 5.11 Å². The maximum atomic E-state index is 10.9. The summed E-state index contributed by atoms with van der Waals surface area (Å²) < 4.78 is 0.667. The summed E-state index contributed by atoms with van der Waals surface area (Å²) in [4.78, 5) is 21.7. The van der Waals surface area contributed by atoms with Gasteiger partial charge in [0.25, 0.3) is 0 Å². The van der Waals surface area contributed by atoms with E-state index >= 15 is 0 Å². The van der Waals surface area contributed by atoms with Crippen LogP contribution in [0.15, 0.2) is 16.6 Å². The van der Waals surface area contributed by atoms with Crippen LogP contribution in [0.1, 0.15) is 22.8 Å². The molecule has 0 fully saturated rings. The highest BCUT2D eigenvalue weighted by atomic mass is 79.9. The van der Waals surface area contributed by atoms with E-state index in [1.54, 1.807) is 13.0 Å². The Bertz CT molecular complexity index is 429. The lowest BCUT2D eigenvalue weighted by molar-refractivity contribution is -0.114. The molecule has 80 valence electrons. The second-order valence-corrected chi connectivity index (χ2v) is 3.99. The highest BCUT2D eigenvalue weighted by Crippen LogP contribution is 2.26. The Kier molecular flexibility index (Phi) is 3.47. The molecule has 2 N–H and O–H groups in total. The van der Waals surface area contributed by atoms with Crippen LogP contribution in [0.4, 0.5) is 5.69 Å². The van der Waals surface area contributed by atoms with Crippen molar-refractivity contribution in [3.63, 3.8) is 0 Å². The van der Waals surface area contributed by atoms with Crippen molar-refractivity contribution in [1.82, 2.24) is 0 Å². The number of halogens is 1. The first-order valence-electron chi connectivity index (χ1n) is 4.23. The third-order valence-corrected chi connectivity index (χ3v) is 2.51. The lowest BCUT2D eigenvalue weighted by atomic mass is 10.1. The van der Waals surface area contributed by atoms with E-state index in [9.17, 15) is 9.59 Å². The minimum absolute atomic E-state index is 0.182. The summed E-state index contributed by atoms with van der Waals surface area (Å²) in [6, 6.07) is 3.10. The quantitative estimate of drug-likeness (QED) is 0.868. The number of hydrogen-bond donors (Lipinski definition) is 2. The zero-order valence-corrected chi connectivity index (χ0v) is 9.88. The average Bonchev–Trinajstić information content (AvgIpc) is 2.08. The fourth-order valence-electron chi connectivity index (χ4n) is 1.19.